The lowest BCUT2D eigenvalue weighted by molar-refractivity contribution is -0.140. The molecule has 0 saturated carbocycles. The summed E-state index contributed by atoms with van der Waals surface area (Å²) in [5.41, 5.74) is 0.639. The van der Waals surface area contributed by atoms with E-state index in [4.69, 9.17) is 11.6 Å². The van der Waals surface area contributed by atoms with Crippen molar-refractivity contribution in [3.05, 3.63) is 34.9 Å². The first-order chi connectivity index (χ1) is 8.13. The minimum absolute atomic E-state index is 0.0385. The van der Waals surface area contributed by atoms with Gasteiger partial charge >= 0.3 is 5.97 Å². The number of ether oxygens (including phenoxy) is 1. The third-order valence-electron chi connectivity index (χ3n) is 2.08. The zero-order valence-electron chi connectivity index (χ0n) is 9.44. The fourth-order valence-corrected chi connectivity index (χ4v) is 2.07. The SMILES string of the molecule is COC(=O)CCSCC(=O)c1ccc(Cl)cc1. The fourth-order valence-electron chi connectivity index (χ4n) is 1.14. The average Bonchev–Trinajstić information content (AvgIpc) is 2.34. The standard InChI is InChI=1S/C12H13ClO3S/c1-16-12(15)6-7-17-8-11(14)9-2-4-10(13)5-3-9/h2-5H,6-8H2,1H3. The van der Waals surface area contributed by atoms with Gasteiger partial charge < -0.3 is 4.74 Å². The molecule has 0 aliphatic rings. The molecule has 3 nitrogen and oxygen atoms in total. The quantitative estimate of drug-likeness (QED) is 0.454. The molecule has 1 rings (SSSR count). The van der Waals surface area contributed by atoms with Crippen LogP contribution in [-0.4, -0.2) is 30.4 Å². The maximum atomic E-state index is 11.7. The summed E-state index contributed by atoms with van der Waals surface area (Å²) in [6, 6.07) is 6.78. The highest BCUT2D eigenvalue weighted by atomic mass is 35.5. The van der Waals surface area contributed by atoms with Crippen molar-refractivity contribution in [2.24, 2.45) is 0 Å². The smallest absolute Gasteiger partial charge is 0.306 e. The Bertz CT molecular complexity index is 389. The molecule has 0 aliphatic carbocycles. The van der Waals surface area contributed by atoms with Gasteiger partial charge in [0, 0.05) is 16.3 Å². The van der Waals surface area contributed by atoms with Gasteiger partial charge in [0.25, 0.3) is 0 Å². The molecule has 0 heterocycles. The molecular weight excluding hydrogens is 260 g/mol. The van der Waals surface area contributed by atoms with Crippen LogP contribution in [0.3, 0.4) is 0 Å². The van der Waals surface area contributed by atoms with E-state index in [1.54, 1.807) is 24.3 Å². The van der Waals surface area contributed by atoms with Crippen molar-refractivity contribution in [1.82, 2.24) is 0 Å². The summed E-state index contributed by atoms with van der Waals surface area (Å²) < 4.78 is 4.50. The number of hydrogen-bond acceptors (Lipinski definition) is 4. The fraction of sp³-hybridized carbons (Fsp3) is 0.333. The van der Waals surface area contributed by atoms with Crippen molar-refractivity contribution in [2.75, 3.05) is 18.6 Å². The summed E-state index contributed by atoms with van der Waals surface area (Å²) in [5, 5.41) is 0.611. The molecule has 0 unspecified atom stereocenters. The van der Waals surface area contributed by atoms with Crippen molar-refractivity contribution in [3.8, 4) is 0 Å². The van der Waals surface area contributed by atoms with Crippen LogP contribution in [0.25, 0.3) is 0 Å². The van der Waals surface area contributed by atoms with Gasteiger partial charge in [-0.25, -0.2) is 0 Å². The van der Waals surface area contributed by atoms with E-state index in [-0.39, 0.29) is 11.8 Å². The van der Waals surface area contributed by atoms with Crippen LogP contribution in [0.5, 0.6) is 0 Å². The number of carbonyl (C=O) groups is 2. The minimum Gasteiger partial charge on any atom is -0.469 e. The van der Waals surface area contributed by atoms with Crippen LogP contribution in [0.1, 0.15) is 16.8 Å². The van der Waals surface area contributed by atoms with E-state index in [1.165, 1.54) is 18.9 Å². The molecule has 0 N–H and O–H groups in total. The zero-order chi connectivity index (χ0) is 12.7. The topological polar surface area (TPSA) is 43.4 Å². The number of Topliss-reactive ketones (excluding diaryl/α,β-unsaturated/α-hetero) is 1. The highest BCUT2D eigenvalue weighted by molar-refractivity contribution is 8.00. The van der Waals surface area contributed by atoms with Crippen LogP contribution in [0.15, 0.2) is 24.3 Å². The number of hydrogen-bond donors (Lipinski definition) is 0. The zero-order valence-corrected chi connectivity index (χ0v) is 11.0. The number of methoxy groups -OCH3 is 1. The molecule has 5 heteroatoms. The molecule has 0 aliphatic heterocycles. The second-order valence-corrected chi connectivity index (χ2v) is 4.85. The Balaban J connectivity index is 2.30. The molecule has 0 atom stereocenters. The Kier molecular flexibility index (Phi) is 6.08. The van der Waals surface area contributed by atoms with E-state index in [0.29, 0.717) is 28.5 Å². The molecule has 92 valence electrons. The predicted molar refractivity (Wildman–Crippen MR) is 69.7 cm³/mol. The van der Waals surface area contributed by atoms with Gasteiger partial charge in [0.2, 0.25) is 0 Å². The van der Waals surface area contributed by atoms with Gasteiger partial charge in [-0.2, -0.15) is 11.8 Å². The highest BCUT2D eigenvalue weighted by Crippen LogP contribution is 2.12. The summed E-state index contributed by atoms with van der Waals surface area (Å²) in [7, 11) is 1.35. The first-order valence-electron chi connectivity index (χ1n) is 5.07. The normalized spacial score (nSPS) is 10.0. The van der Waals surface area contributed by atoms with E-state index >= 15 is 0 Å². The first-order valence-corrected chi connectivity index (χ1v) is 6.60. The van der Waals surface area contributed by atoms with Crippen LogP contribution in [0.2, 0.25) is 5.02 Å². The lowest BCUT2D eigenvalue weighted by Crippen LogP contribution is -2.05. The number of ketones is 1. The number of esters is 1. The molecule has 0 radical (unpaired) electrons. The molecule has 0 spiro atoms. The monoisotopic (exact) mass is 272 g/mol. The third-order valence-corrected chi connectivity index (χ3v) is 3.29. The van der Waals surface area contributed by atoms with E-state index in [1.807, 2.05) is 0 Å². The molecule has 1 aromatic rings. The summed E-state index contributed by atoms with van der Waals surface area (Å²) in [5.74, 6) is 0.734. The molecule has 0 amide bonds. The molecule has 0 bridgehead atoms. The molecule has 1 aromatic carbocycles. The van der Waals surface area contributed by atoms with E-state index in [0.717, 1.165) is 0 Å². The third kappa shape index (κ3) is 5.24. The largest absolute Gasteiger partial charge is 0.469 e. The lowest BCUT2D eigenvalue weighted by atomic mass is 10.1. The van der Waals surface area contributed by atoms with Crippen molar-refractivity contribution in [2.45, 2.75) is 6.42 Å². The summed E-state index contributed by atoms with van der Waals surface area (Å²) >= 11 is 7.15. The van der Waals surface area contributed by atoms with Crippen molar-refractivity contribution in [1.29, 1.82) is 0 Å². The van der Waals surface area contributed by atoms with E-state index in [2.05, 4.69) is 4.74 Å². The van der Waals surface area contributed by atoms with Gasteiger partial charge in [0.15, 0.2) is 5.78 Å². The van der Waals surface area contributed by atoms with Gasteiger partial charge in [-0.15, -0.1) is 0 Å². The van der Waals surface area contributed by atoms with Crippen LogP contribution >= 0.6 is 23.4 Å². The number of rotatable bonds is 6. The maximum Gasteiger partial charge on any atom is 0.306 e. The summed E-state index contributed by atoms with van der Waals surface area (Å²) in [4.78, 5) is 22.5. The second kappa shape index (κ2) is 7.35. The number of carbonyl (C=O) groups excluding carboxylic acids is 2. The molecule has 17 heavy (non-hydrogen) atoms. The Labute approximate surface area is 109 Å². The van der Waals surface area contributed by atoms with Gasteiger partial charge in [-0.1, -0.05) is 11.6 Å². The van der Waals surface area contributed by atoms with E-state index in [9.17, 15) is 9.59 Å². The minimum atomic E-state index is -0.253. The van der Waals surface area contributed by atoms with Crippen LogP contribution < -0.4 is 0 Å². The van der Waals surface area contributed by atoms with Crippen LogP contribution in [0, 0.1) is 0 Å². The Morgan fingerprint density at radius 1 is 1.29 bits per heavy atom. The van der Waals surface area contributed by atoms with Gasteiger partial charge in [0.05, 0.1) is 19.3 Å². The van der Waals surface area contributed by atoms with Crippen molar-refractivity contribution >= 4 is 35.1 Å². The van der Waals surface area contributed by atoms with Crippen molar-refractivity contribution < 1.29 is 14.3 Å². The number of thioether (sulfide) groups is 1. The second-order valence-electron chi connectivity index (χ2n) is 3.31. The Morgan fingerprint density at radius 3 is 2.53 bits per heavy atom. The molecule has 0 aromatic heterocycles. The highest BCUT2D eigenvalue weighted by Gasteiger charge is 2.06. The number of halogens is 1. The Morgan fingerprint density at radius 2 is 1.94 bits per heavy atom. The van der Waals surface area contributed by atoms with Gasteiger partial charge in [0.1, 0.15) is 0 Å². The lowest BCUT2D eigenvalue weighted by Gasteiger charge is -2.01. The van der Waals surface area contributed by atoms with Crippen LogP contribution in [0.4, 0.5) is 0 Å². The molecule has 0 saturated heterocycles. The summed E-state index contributed by atoms with van der Waals surface area (Å²) in [6.07, 6.45) is 0.328. The predicted octanol–water partition coefficient (Wildman–Crippen LogP) is 2.82. The van der Waals surface area contributed by atoms with Crippen molar-refractivity contribution in [3.63, 3.8) is 0 Å². The molecular formula is C12H13ClO3S. The maximum absolute atomic E-state index is 11.7. The van der Waals surface area contributed by atoms with Crippen LogP contribution in [-0.2, 0) is 9.53 Å². The Hall–Kier alpha value is -1.00. The average molecular weight is 273 g/mol. The van der Waals surface area contributed by atoms with E-state index < -0.39 is 0 Å². The first kappa shape index (κ1) is 14.1. The molecule has 0 fully saturated rings. The van der Waals surface area contributed by atoms with Gasteiger partial charge in [-0.3, -0.25) is 9.59 Å². The summed E-state index contributed by atoms with van der Waals surface area (Å²) in [6.45, 7) is 0. The van der Waals surface area contributed by atoms with Gasteiger partial charge in [-0.05, 0) is 24.3 Å². The number of benzene rings is 1.